The highest BCUT2D eigenvalue weighted by molar-refractivity contribution is 6.43. The number of likely N-dealkylation sites (tertiary alicyclic amines) is 1. The van der Waals surface area contributed by atoms with Crippen LogP contribution in [0.5, 0.6) is 0 Å². The summed E-state index contributed by atoms with van der Waals surface area (Å²) in [6, 6.07) is 0.712. The van der Waals surface area contributed by atoms with Crippen LogP contribution >= 0.6 is 11.6 Å². The molecule has 0 unspecified atom stereocenters. The molecule has 0 bridgehead atoms. The number of aromatic nitrogens is 1. The molecule has 0 aliphatic carbocycles. The van der Waals surface area contributed by atoms with Gasteiger partial charge in [-0.3, -0.25) is 14.5 Å². The number of imide groups is 1. The van der Waals surface area contributed by atoms with Crippen LogP contribution in [-0.2, 0) is 30.1 Å². The van der Waals surface area contributed by atoms with Gasteiger partial charge in [0, 0.05) is 19.3 Å². The standard InChI is InChI=1S/C16H14ClF3N4O5/c1-2-28-15(27)10-9-11(29-23-10)14(26)24(13(9)25)4-3-21-12-8(17)5-7(6-22-12)16(18,19)20/h5-6,9,11H,2-4H2,1H3,(H,21,22)/t9-,11+/m1/s1. The van der Waals surface area contributed by atoms with Crippen molar-refractivity contribution in [3.8, 4) is 0 Å². The summed E-state index contributed by atoms with van der Waals surface area (Å²) in [4.78, 5) is 46.1. The Morgan fingerprint density at radius 3 is 2.72 bits per heavy atom. The Balaban J connectivity index is 1.62. The van der Waals surface area contributed by atoms with Crippen LogP contribution in [0.25, 0.3) is 0 Å². The van der Waals surface area contributed by atoms with Crippen LogP contribution in [0.2, 0.25) is 5.02 Å². The van der Waals surface area contributed by atoms with Gasteiger partial charge in [-0.05, 0) is 13.0 Å². The number of hydrogen-bond acceptors (Lipinski definition) is 8. The molecule has 1 saturated heterocycles. The summed E-state index contributed by atoms with van der Waals surface area (Å²) < 4.78 is 42.7. The van der Waals surface area contributed by atoms with Crippen molar-refractivity contribution in [2.45, 2.75) is 19.2 Å². The van der Waals surface area contributed by atoms with Gasteiger partial charge in [0.05, 0.1) is 17.2 Å². The highest BCUT2D eigenvalue weighted by atomic mass is 35.5. The third-order valence-corrected chi connectivity index (χ3v) is 4.47. The lowest BCUT2D eigenvalue weighted by Gasteiger charge is -2.16. The quantitative estimate of drug-likeness (QED) is 0.533. The number of rotatable bonds is 6. The monoisotopic (exact) mass is 434 g/mol. The number of anilines is 1. The Hall–Kier alpha value is -2.89. The maximum Gasteiger partial charge on any atom is 0.417 e. The molecule has 0 radical (unpaired) electrons. The van der Waals surface area contributed by atoms with Crippen LogP contribution in [0.3, 0.4) is 0 Å². The molecule has 2 aliphatic rings. The van der Waals surface area contributed by atoms with Crippen LogP contribution in [0.1, 0.15) is 12.5 Å². The number of carbonyl (C=O) groups is 3. The number of amides is 2. The number of carbonyl (C=O) groups excluding carboxylic acids is 3. The fourth-order valence-corrected chi connectivity index (χ4v) is 3.07. The van der Waals surface area contributed by atoms with E-state index in [2.05, 4.69) is 15.5 Å². The Morgan fingerprint density at radius 1 is 1.38 bits per heavy atom. The number of nitrogens with one attached hydrogen (secondary N) is 1. The minimum atomic E-state index is -4.58. The number of ether oxygens (including phenoxy) is 1. The maximum absolute atomic E-state index is 12.6. The molecule has 156 valence electrons. The molecule has 2 aliphatic heterocycles. The first-order valence-electron chi connectivity index (χ1n) is 8.37. The molecule has 2 atom stereocenters. The molecule has 1 N–H and O–H groups in total. The zero-order valence-corrected chi connectivity index (χ0v) is 15.6. The summed E-state index contributed by atoms with van der Waals surface area (Å²) >= 11 is 5.79. The number of nitrogens with zero attached hydrogens (tertiary/aromatic N) is 3. The Morgan fingerprint density at radius 2 is 2.10 bits per heavy atom. The molecule has 0 aromatic carbocycles. The zero-order chi connectivity index (χ0) is 21.3. The molecule has 3 heterocycles. The van der Waals surface area contributed by atoms with E-state index < -0.39 is 41.5 Å². The lowest BCUT2D eigenvalue weighted by Crippen LogP contribution is -2.37. The fraction of sp³-hybridized carbons (Fsp3) is 0.438. The Labute approximate surface area is 166 Å². The minimum Gasteiger partial charge on any atom is -0.461 e. The van der Waals surface area contributed by atoms with E-state index in [9.17, 15) is 27.6 Å². The van der Waals surface area contributed by atoms with Crippen LogP contribution < -0.4 is 5.32 Å². The fourth-order valence-electron chi connectivity index (χ4n) is 2.84. The Kier molecular flexibility index (Phi) is 5.64. The van der Waals surface area contributed by atoms with Crippen molar-refractivity contribution in [2.75, 3.05) is 25.0 Å². The highest BCUT2D eigenvalue weighted by Crippen LogP contribution is 2.33. The summed E-state index contributed by atoms with van der Waals surface area (Å²) in [6.45, 7) is 1.45. The van der Waals surface area contributed by atoms with Crippen LogP contribution in [0.4, 0.5) is 19.0 Å². The first kappa shape index (κ1) is 20.8. The third-order valence-electron chi connectivity index (χ3n) is 4.18. The van der Waals surface area contributed by atoms with Crippen LogP contribution in [0.15, 0.2) is 17.4 Å². The first-order chi connectivity index (χ1) is 13.6. The molecule has 29 heavy (non-hydrogen) atoms. The van der Waals surface area contributed by atoms with Crippen molar-refractivity contribution in [3.05, 3.63) is 22.8 Å². The van der Waals surface area contributed by atoms with Crippen LogP contribution in [-0.4, -0.2) is 59.2 Å². The number of fused-ring (bicyclic) bond motifs is 1. The predicted molar refractivity (Wildman–Crippen MR) is 91.9 cm³/mol. The molecule has 0 spiro atoms. The van der Waals surface area contributed by atoms with Gasteiger partial charge in [0.15, 0.2) is 5.71 Å². The lowest BCUT2D eigenvalue weighted by atomic mass is 10.00. The number of pyridine rings is 1. The molecule has 13 heteroatoms. The maximum atomic E-state index is 12.6. The number of esters is 1. The SMILES string of the molecule is CCOC(=O)C1=NO[C@@H]2C(=O)N(CCNc3ncc(C(F)(F)F)cc3Cl)C(=O)[C@H]12. The Bertz CT molecular complexity index is 892. The lowest BCUT2D eigenvalue weighted by molar-refractivity contribution is -0.142. The molecule has 1 fully saturated rings. The topological polar surface area (TPSA) is 110 Å². The largest absolute Gasteiger partial charge is 0.461 e. The van der Waals surface area contributed by atoms with Gasteiger partial charge in [-0.1, -0.05) is 16.8 Å². The van der Waals surface area contributed by atoms with E-state index in [1.54, 1.807) is 6.92 Å². The number of hydrogen-bond donors (Lipinski definition) is 1. The van der Waals surface area contributed by atoms with Gasteiger partial charge in [-0.15, -0.1) is 0 Å². The van der Waals surface area contributed by atoms with E-state index in [1.165, 1.54) is 0 Å². The van der Waals surface area contributed by atoms with E-state index in [0.29, 0.717) is 12.3 Å². The van der Waals surface area contributed by atoms with E-state index in [1.807, 2.05) is 0 Å². The van der Waals surface area contributed by atoms with Crippen molar-refractivity contribution in [3.63, 3.8) is 0 Å². The second-order valence-electron chi connectivity index (χ2n) is 6.01. The zero-order valence-electron chi connectivity index (χ0n) is 14.8. The van der Waals surface area contributed by atoms with Crippen molar-refractivity contribution >= 4 is 40.9 Å². The van der Waals surface area contributed by atoms with Gasteiger partial charge in [0.1, 0.15) is 11.7 Å². The molecular weight excluding hydrogens is 421 g/mol. The van der Waals surface area contributed by atoms with E-state index in [4.69, 9.17) is 21.2 Å². The van der Waals surface area contributed by atoms with Gasteiger partial charge in [-0.25, -0.2) is 9.78 Å². The number of alkyl halides is 3. The summed E-state index contributed by atoms with van der Waals surface area (Å²) in [6.07, 6.45) is -5.21. The second-order valence-corrected chi connectivity index (χ2v) is 6.41. The molecule has 1 aromatic heterocycles. The summed E-state index contributed by atoms with van der Waals surface area (Å²) in [7, 11) is 0. The number of halogens is 4. The van der Waals surface area contributed by atoms with Gasteiger partial charge < -0.3 is 14.9 Å². The second kappa shape index (κ2) is 7.85. The molecule has 9 nitrogen and oxygen atoms in total. The van der Waals surface area contributed by atoms with Gasteiger partial charge in [-0.2, -0.15) is 13.2 Å². The third kappa shape index (κ3) is 3.97. The molecule has 2 amide bonds. The van der Waals surface area contributed by atoms with E-state index >= 15 is 0 Å². The average Bonchev–Trinajstić information content (AvgIpc) is 3.18. The molecule has 1 aromatic rings. The smallest absolute Gasteiger partial charge is 0.417 e. The summed E-state index contributed by atoms with van der Waals surface area (Å²) in [5.74, 6) is -3.44. The van der Waals surface area contributed by atoms with Crippen molar-refractivity contribution in [2.24, 2.45) is 11.1 Å². The minimum absolute atomic E-state index is 0.0380. The summed E-state index contributed by atoms with van der Waals surface area (Å²) in [5, 5.41) is 5.87. The van der Waals surface area contributed by atoms with E-state index in [-0.39, 0.29) is 36.2 Å². The first-order valence-corrected chi connectivity index (χ1v) is 8.75. The highest BCUT2D eigenvalue weighted by Gasteiger charge is 2.57. The normalized spacial score (nSPS) is 21.0. The van der Waals surface area contributed by atoms with Crippen molar-refractivity contribution in [1.29, 1.82) is 0 Å². The van der Waals surface area contributed by atoms with Crippen molar-refractivity contribution < 1.29 is 37.1 Å². The van der Waals surface area contributed by atoms with Gasteiger partial charge in [0.25, 0.3) is 5.91 Å². The van der Waals surface area contributed by atoms with E-state index in [0.717, 1.165) is 4.90 Å². The molecule has 0 saturated carbocycles. The predicted octanol–water partition coefficient (Wildman–Crippen LogP) is 1.47. The average molecular weight is 435 g/mol. The van der Waals surface area contributed by atoms with Crippen molar-refractivity contribution in [1.82, 2.24) is 9.88 Å². The van der Waals surface area contributed by atoms with Crippen LogP contribution in [0, 0.1) is 5.92 Å². The number of oxime groups is 1. The molecular formula is C16H14ClF3N4O5. The molecule has 3 rings (SSSR count). The van der Waals surface area contributed by atoms with Gasteiger partial charge >= 0.3 is 12.1 Å². The summed E-state index contributed by atoms with van der Waals surface area (Å²) in [5.41, 5.74) is -1.29. The van der Waals surface area contributed by atoms with Gasteiger partial charge in [0.2, 0.25) is 12.0 Å².